The van der Waals surface area contributed by atoms with Crippen LogP contribution in [-0.2, 0) is 19.1 Å². The number of amides is 3. The zero-order valence-electron chi connectivity index (χ0n) is 31.9. The number of aliphatic hydroxyl groups excluding tert-OH is 1. The second-order valence-corrected chi connectivity index (χ2v) is 18.1. The van der Waals surface area contributed by atoms with Gasteiger partial charge in [0.2, 0.25) is 11.8 Å². The fraction of sp³-hybridized carbons (Fsp3) is 0.333. The van der Waals surface area contributed by atoms with E-state index in [1.807, 2.05) is 148 Å². The zero-order valence-corrected chi connectivity index (χ0v) is 33.6. The molecule has 1 aliphatic heterocycles. The van der Waals surface area contributed by atoms with Gasteiger partial charge < -0.3 is 20.6 Å². The highest BCUT2D eigenvalue weighted by atomic mass is 32.2. The third-order valence-corrected chi connectivity index (χ3v) is 13.7. The molecule has 1 saturated carbocycles. The predicted octanol–water partition coefficient (Wildman–Crippen LogP) is 7.75. The summed E-state index contributed by atoms with van der Waals surface area (Å²) in [4.78, 5) is 49.5. The molecule has 3 amide bonds. The Morgan fingerprint density at radius 1 is 0.875 bits per heavy atom. The van der Waals surface area contributed by atoms with E-state index in [2.05, 4.69) is 15.6 Å². The topological polar surface area (TPSA) is 112 Å². The first-order chi connectivity index (χ1) is 26.8. The number of carbonyl (C=O) groups excluding carboxylic acids is 3. The second-order valence-electron chi connectivity index (χ2n) is 15.4. The van der Waals surface area contributed by atoms with Gasteiger partial charge in [-0.1, -0.05) is 115 Å². The minimum absolute atomic E-state index is 0.0250. The molecule has 2 heterocycles. The van der Waals surface area contributed by atoms with Crippen molar-refractivity contribution >= 4 is 40.8 Å². The summed E-state index contributed by atoms with van der Waals surface area (Å²) < 4.78 is 13.5. The van der Waals surface area contributed by atoms with Crippen LogP contribution in [0.1, 0.15) is 74.0 Å². The quantitative estimate of drug-likeness (QED) is 0.105. The minimum Gasteiger partial charge on any atom is -0.391 e. The minimum atomic E-state index is -2.06. The summed E-state index contributed by atoms with van der Waals surface area (Å²) in [5, 5.41) is 16.9. The molecule has 3 N–H and O–H groups in total. The molecule has 2 fully saturated rings. The van der Waals surface area contributed by atoms with E-state index < -0.39 is 57.1 Å². The van der Waals surface area contributed by atoms with Crippen molar-refractivity contribution in [1.29, 1.82) is 0 Å². The van der Waals surface area contributed by atoms with E-state index in [1.165, 1.54) is 16.7 Å². The van der Waals surface area contributed by atoms with Gasteiger partial charge in [-0.2, -0.15) is 0 Å². The van der Waals surface area contributed by atoms with Gasteiger partial charge in [0.1, 0.15) is 12.1 Å². The monoisotopic (exact) mass is 790 g/mol. The number of nitrogens with one attached hydrogen (secondary N) is 2. The first-order valence-electron chi connectivity index (χ1n) is 19.0. The number of aryl methyl sites for hydroxylation is 1. The van der Waals surface area contributed by atoms with Gasteiger partial charge in [-0.3, -0.25) is 14.4 Å². The second kappa shape index (κ2) is 16.0. The summed E-state index contributed by atoms with van der Waals surface area (Å²) in [6, 6.07) is 35.2. The molecule has 7 rings (SSSR count). The van der Waals surface area contributed by atoms with Gasteiger partial charge in [0.05, 0.1) is 33.0 Å². The molecule has 0 radical (unpaired) electrons. The van der Waals surface area contributed by atoms with E-state index in [0.717, 1.165) is 38.4 Å². The van der Waals surface area contributed by atoms with Gasteiger partial charge in [-0.05, 0) is 68.4 Å². The molecule has 0 bridgehead atoms. The first kappa shape index (κ1) is 39.4. The van der Waals surface area contributed by atoms with Crippen LogP contribution in [-0.4, -0.2) is 67.9 Å². The molecule has 1 saturated heterocycles. The van der Waals surface area contributed by atoms with Crippen molar-refractivity contribution in [3.63, 3.8) is 0 Å². The third kappa shape index (κ3) is 7.90. The number of aromatic nitrogens is 1. The molecular weight excluding hydrogens is 744 g/mol. The van der Waals surface area contributed by atoms with Gasteiger partial charge in [-0.15, -0.1) is 23.1 Å². The lowest BCUT2D eigenvalue weighted by atomic mass is 9.84. The molecule has 0 unspecified atom stereocenters. The number of carbonyl (C=O) groups is 3. The zero-order chi connectivity index (χ0) is 39.7. The lowest BCUT2D eigenvalue weighted by molar-refractivity contribution is -0.143. The maximum Gasteiger partial charge on any atom is 0.258 e. The van der Waals surface area contributed by atoms with Crippen molar-refractivity contribution in [3.8, 4) is 10.4 Å². The lowest BCUT2D eigenvalue weighted by Gasteiger charge is -2.45. The molecule has 8 nitrogen and oxygen atoms in total. The van der Waals surface area contributed by atoms with E-state index in [0.29, 0.717) is 0 Å². The number of likely N-dealkylation sites (tertiary alicyclic amines) is 1. The number of β-amino-alcohol motifs (C(OH)–C–C–N with tert-alkyl or cyclic N) is 1. The van der Waals surface area contributed by atoms with Crippen LogP contribution in [0.2, 0.25) is 0 Å². The summed E-state index contributed by atoms with van der Waals surface area (Å²) in [5.41, 5.74) is 5.48. The van der Waals surface area contributed by atoms with Crippen LogP contribution in [0.3, 0.4) is 0 Å². The van der Waals surface area contributed by atoms with Crippen molar-refractivity contribution < 1.29 is 23.9 Å². The number of nitrogens with zero attached hydrogens (tertiary/aromatic N) is 2. The number of thioether (sulfide) groups is 1. The Balaban J connectivity index is 1.21. The van der Waals surface area contributed by atoms with Gasteiger partial charge in [-0.25, -0.2) is 9.37 Å². The molecule has 4 aromatic carbocycles. The Morgan fingerprint density at radius 3 is 1.89 bits per heavy atom. The Bertz CT molecular complexity index is 2060. The number of alkyl halides is 1. The van der Waals surface area contributed by atoms with Crippen LogP contribution in [0.15, 0.2) is 121 Å². The Hall–Kier alpha value is -4.84. The third-order valence-electron chi connectivity index (χ3n) is 10.9. The van der Waals surface area contributed by atoms with Crippen molar-refractivity contribution in [2.45, 2.75) is 86.3 Å². The summed E-state index contributed by atoms with van der Waals surface area (Å²) in [5.74, 6) is -1.82. The van der Waals surface area contributed by atoms with Crippen LogP contribution in [0.5, 0.6) is 0 Å². The maximum absolute atomic E-state index is 15.5. The van der Waals surface area contributed by atoms with Crippen LogP contribution in [0, 0.1) is 6.92 Å². The highest BCUT2D eigenvalue weighted by molar-refractivity contribution is 8.02. The lowest BCUT2D eigenvalue weighted by Crippen LogP contribution is -2.61. The largest absolute Gasteiger partial charge is 0.391 e. The van der Waals surface area contributed by atoms with Crippen molar-refractivity contribution in [2.75, 3.05) is 6.54 Å². The molecule has 290 valence electrons. The van der Waals surface area contributed by atoms with E-state index >= 15 is 9.18 Å². The number of rotatable bonds is 13. The summed E-state index contributed by atoms with van der Waals surface area (Å²) >= 11 is 3.06. The number of aliphatic hydroxyl groups is 1. The number of halogens is 1. The first-order valence-corrected chi connectivity index (χ1v) is 20.7. The maximum atomic E-state index is 15.5. The number of thiazole rings is 1. The molecule has 1 aromatic heterocycles. The van der Waals surface area contributed by atoms with Crippen molar-refractivity contribution in [1.82, 2.24) is 20.5 Å². The van der Waals surface area contributed by atoms with E-state index in [-0.39, 0.29) is 25.8 Å². The fourth-order valence-electron chi connectivity index (χ4n) is 7.65. The van der Waals surface area contributed by atoms with Crippen LogP contribution < -0.4 is 10.6 Å². The van der Waals surface area contributed by atoms with Crippen molar-refractivity contribution in [3.05, 3.63) is 149 Å². The molecule has 5 aromatic rings. The highest BCUT2D eigenvalue weighted by Crippen LogP contribution is 2.54. The van der Waals surface area contributed by atoms with Gasteiger partial charge in [0.15, 0.2) is 5.67 Å². The van der Waals surface area contributed by atoms with Crippen LogP contribution in [0.25, 0.3) is 10.4 Å². The fourth-order valence-corrected chi connectivity index (χ4v) is 10.3. The summed E-state index contributed by atoms with van der Waals surface area (Å²) in [6.07, 6.45) is -0.791. The smallest absolute Gasteiger partial charge is 0.258 e. The van der Waals surface area contributed by atoms with Gasteiger partial charge in [0.25, 0.3) is 5.91 Å². The Kier molecular flexibility index (Phi) is 11.2. The summed E-state index contributed by atoms with van der Waals surface area (Å²) in [6.45, 7) is 7.49. The van der Waals surface area contributed by atoms with E-state index in [4.69, 9.17) is 0 Å². The molecular formula is C45H47FN4O4S2. The average Bonchev–Trinajstić information content (AvgIpc) is 3.62. The van der Waals surface area contributed by atoms with E-state index in [1.54, 1.807) is 11.3 Å². The molecule has 2 aliphatic rings. The normalized spacial score (nSPS) is 18.9. The molecule has 1 aliphatic carbocycles. The van der Waals surface area contributed by atoms with Crippen LogP contribution >= 0.6 is 23.1 Å². The van der Waals surface area contributed by atoms with Crippen LogP contribution in [0.4, 0.5) is 4.39 Å². The van der Waals surface area contributed by atoms with Crippen molar-refractivity contribution in [2.24, 2.45) is 0 Å². The number of benzene rings is 4. The van der Waals surface area contributed by atoms with Gasteiger partial charge in [0, 0.05) is 17.7 Å². The number of hydrogen-bond donors (Lipinski definition) is 3. The standard InChI is InChI=1S/C45H47FN4O4S2/c1-29(31-20-22-32(23-21-31)38-30(2)47-28-55-38)48-40(52)37-26-36(51)27-50(37)41(53)39(49-42(54)44(46)24-25-44)43(3,4)56-45(33-14-8-5-9-15-33,34-16-10-6-11-17-34)35-18-12-7-13-19-35/h5-23,28-29,36-37,39,51H,24-27H2,1-4H3,(H,48,52)(H,49,54)/t29-,36+,37+,39+/m0/s1. The molecule has 11 heteroatoms. The summed E-state index contributed by atoms with van der Waals surface area (Å²) in [7, 11) is 0. The predicted molar refractivity (Wildman–Crippen MR) is 221 cm³/mol. The SMILES string of the molecule is Cc1ncsc1-c1ccc([C@H](C)NC(=O)[C@H]2C[C@@H](O)CN2C(=O)[C@@H](NC(=O)C2(F)CC2)C(C)(C)SC(c2ccccc2)(c2ccccc2)c2ccccc2)cc1. The average molecular weight is 791 g/mol. The number of hydrogen-bond acceptors (Lipinski definition) is 7. The molecule has 4 atom stereocenters. The molecule has 0 spiro atoms. The Morgan fingerprint density at radius 2 is 1.41 bits per heavy atom. The van der Waals surface area contributed by atoms with E-state index in [9.17, 15) is 14.7 Å². The Labute approximate surface area is 336 Å². The molecule has 56 heavy (non-hydrogen) atoms. The van der Waals surface area contributed by atoms with Gasteiger partial charge >= 0.3 is 0 Å². The highest BCUT2D eigenvalue weighted by Gasteiger charge is 2.55.